The maximum absolute atomic E-state index is 12.3. The highest BCUT2D eigenvalue weighted by Gasteiger charge is 2.23. The molecule has 4 heteroatoms. The van der Waals surface area contributed by atoms with Crippen molar-refractivity contribution in [2.24, 2.45) is 0 Å². The first kappa shape index (κ1) is 13.3. The Morgan fingerprint density at radius 2 is 1.84 bits per heavy atom. The number of aromatic hydroxyl groups is 1. The molecule has 3 nitrogen and oxygen atoms in total. The van der Waals surface area contributed by atoms with Crippen molar-refractivity contribution in [2.75, 3.05) is 0 Å². The zero-order valence-electron chi connectivity index (χ0n) is 9.92. The number of phenols is 1. The number of benzene rings is 2. The van der Waals surface area contributed by atoms with Gasteiger partial charge in [0.2, 0.25) is 0 Å². The Morgan fingerprint density at radius 3 is 2.47 bits per heavy atom. The molecular formula is C15H11ClO3. The second kappa shape index (κ2) is 5.67. The van der Waals surface area contributed by atoms with Crippen molar-refractivity contribution in [1.82, 2.24) is 0 Å². The Hall–Kier alpha value is -2.13. The van der Waals surface area contributed by atoms with E-state index in [4.69, 9.17) is 11.6 Å². The molecule has 0 amide bonds. The van der Waals surface area contributed by atoms with E-state index >= 15 is 0 Å². The Morgan fingerprint density at radius 1 is 1.16 bits per heavy atom. The van der Waals surface area contributed by atoms with Gasteiger partial charge in [0.15, 0.2) is 5.78 Å². The first-order valence-electron chi connectivity index (χ1n) is 5.66. The number of phenolic OH excluding ortho intramolecular Hbond substituents is 1. The predicted molar refractivity (Wildman–Crippen MR) is 72.7 cm³/mol. The number of carbonyl (C=O) groups is 2. The van der Waals surface area contributed by atoms with Crippen molar-refractivity contribution < 1.29 is 14.7 Å². The first-order valence-corrected chi connectivity index (χ1v) is 6.04. The fraction of sp³-hybridized carbons (Fsp3) is 0.0667. The fourth-order valence-electron chi connectivity index (χ4n) is 1.83. The molecule has 0 saturated carbocycles. The van der Waals surface area contributed by atoms with Crippen LogP contribution in [0.2, 0.25) is 5.02 Å². The van der Waals surface area contributed by atoms with Gasteiger partial charge in [-0.15, -0.1) is 0 Å². The number of hydrogen-bond donors (Lipinski definition) is 1. The summed E-state index contributed by atoms with van der Waals surface area (Å²) < 4.78 is 0. The predicted octanol–water partition coefficient (Wildman–Crippen LogP) is 3.21. The van der Waals surface area contributed by atoms with Gasteiger partial charge >= 0.3 is 0 Å². The Balaban J connectivity index is 2.42. The summed E-state index contributed by atoms with van der Waals surface area (Å²) in [4.78, 5) is 23.5. The molecule has 0 aliphatic rings. The van der Waals surface area contributed by atoms with Crippen LogP contribution >= 0.6 is 11.6 Å². The van der Waals surface area contributed by atoms with Crippen molar-refractivity contribution in [3.8, 4) is 5.75 Å². The summed E-state index contributed by atoms with van der Waals surface area (Å²) in [5, 5.41) is 10.0. The number of ketones is 1. The van der Waals surface area contributed by atoms with E-state index in [0.717, 1.165) is 0 Å². The normalized spacial score (nSPS) is 11.8. The van der Waals surface area contributed by atoms with Crippen molar-refractivity contribution >= 4 is 23.7 Å². The third-order valence-corrected chi connectivity index (χ3v) is 3.04. The molecule has 96 valence electrons. The van der Waals surface area contributed by atoms with Crippen LogP contribution in [0.4, 0.5) is 0 Å². The van der Waals surface area contributed by atoms with Gasteiger partial charge in [-0.3, -0.25) is 4.79 Å². The standard InChI is InChI=1S/C15H11ClO3/c16-11-6-7-14(18)12(8-11)15(19)13(9-17)10-4-2-1-3-5-10/h1-9,13,18H. The van der Waals surface area contributed by atoms with Gasteiger partial charge in [-0.05, 0) is 23.8 Å². The number of Topliss-reactive ketones (excluding diaryl/α,β-unsaturated/α-hetero) is 1. The second-order valence-electron chi connectivity index (χ2n) is 4.05. The van der Waals surface area contributed by atoms with Crippen LogP contribution in [0.1, 0.15) is 21.8 Å². The van der Waals surface area contributed by atoms with Crippen LogP contribution < -0.4 is 0 Å². The van der Waals surface area contributed by atoms with Crippen LogP contribution in [-0.4, -0.2) is 17.2 Å². The third kappa shape index (κ3) is 2.83. The quantitative estimate of drug-likeness (QED) is 0.529. The van der Waals surface area contributed by atoms with E-state index in [1.165, 1.54) is 18.2 Å². The molecule has 0 bridgehead atoms. The van der Waals surface area contributed by atoms with E-state index in [0.29, 0.717) is 16.9 Å². The lowest BCUT2D eigenvalue weighted by atomic mass is 9.91. The summed E-state index contributed by atoms with van der Waals surface area (Å²) in [5.74, 6) is -1.59. The largest absolute Gasteiger partial charge is 0.507 e. The zero-order chi connectivity index (χ0) is 13.8. The molecule has 0 aromatic heterocycles. The summed E-state index contributed by atoms with van der Waals surface area (Å²) in [6.45, 7) is 0. The molecule has 0 saturated heterocycles. The van der Waals surface area contributed by atoms with Crippen LogP contribution in [0, 0.1) is 0 Å². The van der Waals surface area contributed by atoms with Gasteiger partial charge < -0.3 is 9.90 Å². The molecule has 19 heavy (non-hydrogen) atoms. The molecule has 0 heterocycles. The van der Waals surface area contributed by atoms with Crippen molar-refractivity contribution in [3.63, 3.8) is 0 Å². The summed E-state index contributed by atoms with van der Waals surface area (Å²) in [6.07, 6.45) is 0.567. The highest BCUT2D eigenvalue weighted by molar-refractivity contribution is 6.31. The van der Waals surface area contributed by atoms with E-state index in [1.807, 2.05) is 0 Å². The second-order valence-corrected chi connectivity index (χ2v) is 4.49. The molecule has 0 radical (unpaired) electrons. The average molecular weight is 275 g/mol. The molecule has 2 aromatic rings. The van der Waals surface area contributed by atoms with Crippen LogP contribution in [0.5, 0.6) is 5.75 Å². The van der Waals surface area contributed by atoms with E-state index in [1.54, 1.807) is 30.3 Å². The average Bonchev–Trinajstić information content (AvgIpc) is 2.43. The lowest BCUT2D eigenvalue weighted by molar-refractivity contribution is -0.108. The summed E-state index contributed by atoms with van der Waals surface area (Å²) >= 11 is 5.80. The van der Waals surface area contributed by atoms with Crippen LogP contribution in [-0.2, 0) is 4.79 Å². The molecule has 1 N–H and O–H groups in total. The highest BCUT2D eigenvalue weighted by Crippen LogP contribution is 2.27. The minimum absolute atomic E-state index is 0.0495. The summed E-state index contributed by atoms with van der Waals surface area (Å²) in [6, 6.07) is 12.9. The molecule has 2 aromatic carbocycles. The molecule has 0 aliphatic carbocycles. The Labute approximate surface area is 115 Å². The minimum atomic E-state index is -0.939. The molecule has 2 rings (SSSR count). The summed E-state index contributed by atoms with van der Waals surface area (Å²) in [5.41, 5.74) is 0.635. The van der Waals surface area contributed by atoms with Crippen LogP contribution in [0.15, 0.2) is 48.5 Å². The van der Waals surface area contributed by atoms with E-state index in [-0.39, 0.29) is 11.3 Å². The first-order chi connectivity index (χ1) is 9.13. The number of hydrogen-bond acceptors (Lipinski definition) is 3. The van der Waals surface area contributed by atoms with Gasteiger partial charge in [0, 0.05) is 5.02 Å². The lowest BCUT2D eigenvalue weighted by Gasteiger charge is -2.11. The van der Waals surface area contributed by atoms with Gasteiger partial charge in [-0.1, -0.05) is 41.9 Å². The molecule has 1 atom stereocenters. The third-order valence-electron chi connectivity index (χ3n) is 2.80. The molecular weight excluding hydrogens is 264 g/mol. The van der Waals surface area contributed by atoms with E-state index < -0.39 is 11.7 Å². The monoisotopic (exact) mass is 274 g/mol. The molecule has 0 spiro atoms. The topological polar surface area (TPSA) is 54.4 Å². The number of aldehydes is 1. The van der Waals surface area contributed by atoms with Gasteiger partial charge in [0.25, 0.3) is 0 Å². The van der Waals surface area contributed by atoms with Gasteiger partial charge in [-0.25, -0.2) is 0 Å². The van der Waals surface area contributed by atoms with Crippen molar-refractivity contribution in [2.45, 2.75) is 5.92 Å². The smallest absolute Gasteiger partial charge is 0.181 e. The van der Waals surface area contributed by atoms with Gasteiger partial charge in [-0.2, -0.15) is 0 Å². The molecule has 0 aliphatic heterocycles. The van der Waals surface area contributed by atoms with Crippen LogP contribution in [0.3, 0.4) is 0 Å². The Kier molecular flexibility index (Phi) is 3.97. The number of carbonyl (C=O) groups excluding carboxylic acids is 2. The molecule has 1 unspecified atom stereocenters. The number of halogens is 1. The van der Waals surface area contributed by atoms with E-state index in [2.05, 4.69) is 0 Å². The van der Waals surface area contributed by atoms with Crippen molar-refractivity contribution in [3.05, 3.63) is 64.7 Å². The van der Waals surface area contributed by atoms with Gasteiger partial charge in [0.05, 0.1) is 5.56 Å². The lowest BCUT2D eigenvalue weighted by Crippen LogP contribution is -2.14. The van der Waals surface area contributed by atoms with E-state index in [9.17, 15) is 14.7 Å². The zero-order valence-corrected chi connectivity index (χ0v) is 10.7. The maximum atomic E-state index is 12.3. The Bertz CT molecular complexity index is 608. The van der Waals surface area contributed by atoms with Crippen LogP contribution in [0.25, 0.3) is 0 Å². The SMILES string of the molecule is O=CC(C(=O)c1cc(Cl)ccc1O)c1ccccc1. The maximum Gasteiger partial charge on any atom is 0.181 e. The number of rotatable bonds is 4. The molecule has 0 fully saturated rings. The van der Waals surface area contributed by atoms with Crippen molar-refractivity contribution in [1.29, 1.82) is 0 Å². The fourth-order valence-corrected chi connectivity index (χ4v) is 2.00. The highest BCUT2D eigenvalue weighted by atomic mass is 35.5. The summed E-state index contributed by atoms with van der Waals surface area (Å²) in [7, 11) is 0. The van der Waals surface area contributed by atoms with Gasteiger partial charge in [0.1, 0.15) is 18.0 Å². The minimum Gasteiger partial charge on any atom is -0.507 e.